The standard InChI is InChI=1S/C14H11N3O2/c18-14(17-19)16-12-7-3-5-10-8-9-4-1-2-6-11(9)15-13(10)12/h1-8,19H,(H2,16,17,18). The predicted molar refractivity (Wildman–Crippen MR) is 73.2 cm³/mol. The molecular weight excluding hydrogens is 242 g/mol. The van der Waals surface area contributed by atoms with Gasteiger partial charge in [0.2, 0.25) is 0 Å². The first-order valence-electron chi connectivity index (χ1n) is 5.77. The van der Waals surface area contributed by atoms with E-state index in [0.717, 1.165) is 16.3 Å². The van der Waals surface area contributed by atoms with Crippen LogP contribution in [0.25, 0.3) is 21.8 Å². The summed E-state index contributed by atoms with van der Waals surface area (Å²) in [7, 11) is 0. The molecule has 5 heteroatoms. The Morgan fingerprint density at radius 3 is 2.68 bits per heavy atom. The van der Waals surface area contributed by atoms with Crippen molar-refractivity contribution in [2.24, 2.45) is 0 Å². The molecule has 19 heavy (non-hydrogen) atoms. The van der Waals surface area contributed by atoms with Crippen molar-refractivity contribution in [2.45, 2.75) is 0 Å². The monoisotopic (exact) mass is 253 g/mol. The minimum absolute atomic E-state index is 0.551. The van der Waals surface area contributed by atoms with Crippen LogP contribution >= 0.6 is 0 Å². The second-order valence-corrected chi connectivity index (χ2v) is 4.12. The van der Waals surface area contributed by atoms with Gasteiger partial charge in [-0.05, 0) is 18.2 Å². The van der Waals surface area contributed by atoms with Crippen LogP contribution in [0.2, 0.25) is 0 Å². The molecular formula is C14H11N3O2. The van der Waals surface area contributed by atoms with Gasteiger partial charge in [-0.3, -0.25) is 5.21 Å². The highest BCUT2D eigenvalue weighted by Crippen LogP contribution is 2.25. The molecule has 0 spiro atoms. The van der Waals surface area contributed by atoms with Gasteiger partial charge in [0.25, 0.3) is 0 Å². The summed E-state index contributed by atoms with van der Waals surface area (Å²) in [5.74, 6) is 0. The molecule has 3 N–H and O–H groups in total. The highest BCUT2D eigenvalue weighted by atomic mass is 16.5. The third-order valence-corrected chi connectivity index (χ3v) is 2.90. The van der Waals surface area contributed by atoms with Gasteiger partial charge in [-0.15, -0.1) is 0 Å². The summed E-state index contributed by atoms with van der Waals surface area (Å²) >= 11 is 0. The first-order chi connectivity index (χ1) is 9.28. The van der Waals surface area contributed by atoms with Crippen LogP contribution in [0, 0.1) is 0 Å². The zero-order valence-corrected chi connectivity index (χ0v) is 9.92. The SMILES string of the molecule is O=C(NO)Nc1cccc2cc3ccccc3nc12. The molecule has 94 valence electrons. The number of aromatic nitrogens is 1. The van der Waals surface area contributed by atoms with Crippen LogP contribution in [-0.4, -0.2) is 16.2 Å². The molecule has 0 fully saturated rings. The Labute approximate surface area is 108 Å². The van der Waals surface area contributed by atoms with Crippen molar-refractivity contribution in [3.05, 3.63) is 48.5 Å². The minimum Gasteiger partial charge on any atom is -0.304 e. The smallest absolute Gasteiger partial charge is 0.304 e. The summed E-state index contributed by atoms with van der Waals surface area (Å²) < 4.78 is 0. The fourth-order valence-electron chi connectivity index (χ4n) is 2.05. The Bertz CT molecular complexity index is 771. The summed E-state index contributed by atoms with van der Waals surface area (Å²) in [6.45, 7) is 0. The Kier molecular flexibility index (Phi) is 2.74. The number of rotatable bonds is 1. The van der Waals surface area contributed by atoms with Crippen molar-refractivity contribution in [1.82, 2.24) is 10.5 Å². The Morgan fingerprint density at radius 1 is 1.05 bits per heavy atom. The number of carbonyl (C=O) groups excluding carboxylic acids is 1. The second kappa shape index (κ2) is 4.55. The Morgan fingerprint density at radius 2 is 1.84 bits per heavy atom. The van der Waals surface area contributed by atoms with Crippen molar-refractivity contribution >= 4 is 33.5 Å². The normalized spacial score (nSPS) is 10.6. The molecule has 2 aromatic carbocycles. The van der Waals surface area contributed by atoms with E-state index >= 15 is 0 Å². The largest absolute Gasteiger partial charge is 0.343 e. The number of hydrogen-bond acceptors (Lipinski definition) is 3. The number of pyridine rings is 1. The number of hydrogen-bond donors (Lipinski definition) is 3. The fraction of sp³-hybridized carbons (Fsp3) is 0. The molecule has 1 aromatic heterocycles. The number of nitrogens with zero attached hydrogens (tertiary/aromatic N) is 1. The highest BCUT2D eigenvalue weighted by Gasteiger charge is 2.07. The molecule has 0 atom stereocenters. The topological polar surface area (TPSA) is 74.2 Å². The number of carbonyl (C=O) groups is 1. The van der Waals surface area contributed by atoms with Gasteiger partial charge in [-0.2, -0.15) is 0 Å². The van der Waals surface area contributed by atoms with Crippen molar-refractivity contribution in [3.8, 4) is 0 Å². The van der Waals surface area contributed by atoms with Crippen molar-refractivity contribution < 1.29 is 10.0 Å². The molecule has 0 aliphatic heterocycles. The van der Waals surface area contributed by atoms with E-state index in [4.69, 9.17) is 5.21 Å². The Balaban J connectivity index is 2.23. The van der Waals surface area contributed by atoms with E-state index in [2.05, 4.69) is 10.3 Å². The number of amides is 2. The highest BCUT2D eigenvalue weighted by molar-refractivity contribution is 6.03. The summed E-state index contributed by atoms with van der Waals surface area (Å²) in [6.07, 6.45) is 0. The zero-order valence-electron chi connectivity index (χ0n) is 9.92. The van der Waals surface area contributed by atoms with Gasteiger partial charge >= 0.3 is 6.03 Å². The lowest BCUT2D eigenvalue weighted by Crippen LogP contribution is -2.25. The molecule has 0 bridgehead atoms. The number of para-hydroxylation sites is 2. The predicted octanol–water partition coefficient (Wildman–Crippen LogP) is 2.90. The van der Waals surface area contributed by atoms with E-state index < -0.39 is 6.03 Å². The van der Waals surface area contributed by atoms with Crippen LogP contribution in [0.5, 0.6) is 0 Å². The lowest BCUT2D eigenvalue weighted by atomic mass is 10.1. The van der Waals surface area contributed by atoms with E-state index in [1.807, 2.05) is 42.5 Å². The summed E-state index contributed by atoms with van der Waals surface area (Å²) in [4.78, 5) is 15.7. The number of benzene rings is 2. The quantitative estimate of drug-likeness (QED) is 0.354. The molecule has 1 heterocycles. The maximum absolute atomic E-state index is 11.2. The second-order valence-electron chi connectivity index (χ2n) is 4.12. The molecule has 0 aliphatic rings. The average molecular weight is 253 g/mol. The van der Waals surface area contributed by atoms with E-state index in [1.165, 1.54) is 5.48 Å². The molecule has 3 aromatic rings. The third-order valence-electron chi connectivity index (χ3n) is 2.90. The van der Waals surface area contributed by atoms with E-state index in [9.17, 15) is 4.79 Å². The average Bonchev–Trinajstić information content (AvgIpc) is 2.45. The third kappa shape index (κ3) is 2.07. The molecule has 3 rings (SSSR count). The molecule has 0 radical (unpaired) electrons. The number of anilines is 1. The zero-order chi connectivity index (χ0) is 13.2. The van der Waals surface area contributed by atoms with Crippen LogP contribution in [0.1, 0.15) is 0 Å². The van der Waals surface area contributed by atoms with Crippen LogP contribution in [-0.2, 0) is 0 Å². The van der Waals surface area contributed by atoms with E-state index in [0.29, 0.717) is 11.2 Å². The molecule has 0 aliphatic carbocycles. The molecule has 5 nitrogen and oxygen atoms in total. The molecule has 0 saturated heterocycles. The summed E-state index contributed by atoms with van der Waals surface area (Å²) in [5.41, 5.74) is 3.63. The van der Waals surface area contributed by atoms with E-state index in [-0.39, 0.29) is 0 Å². The van der Waals surface area contributed by atoms with Gasteiger partial charge in [0, 0.05) is 10.8 Å². The molecule has 2 amide bonds. The van der Waals surface area contributed by atoms with Gasteiger partial charge in [-0.25, -0.2) is 15.3 Å². The van der Waals surface area contributed by atoms with Crippen LogP contribution in [0.15, 0.2) is 48.5 Å². The molecule has 0 saturated carbocycles. The van der Waals surface area contributed by atoms with E-state index in [1.54, 1.807) is 6.07 Å². The van der Waals surface area contributed by atoms with Crippen molar-refractivity contribution in [3.63, 3.8) is 0 Å². The summed E-state index contributed by atoms with van der Waals surface area (Å²) in [5, 5.41) is 13.1. The number of urea groups is 1. The first-order valence-corrected chi connectivity index (χ1v) is 5.77. The Hall–Kier alpha value is -2.66. The molecule has 0 unspecified atom stereocenters. The minimum atomic E-state index is -0.692. The number of fused-ring (bicyclic) bond motifs is 2. The van der Waals surface area contributed by atoms with Gasteiger partial charge in [0.15, 0.2) is 0 Å². The van der Waals surface area contributed by atoms with Crippen LogP contribution < -0.4 is 10.8 Å². The van der Waals surface area contributed by atoms with Gasteiger partial charge in [-0.1, -0.05) is 30.3 Å². The van der Waals surface area contributed by atoms with Crippen molar-refractivity contribution in [1.29, 1.82) is 0 Å². The van der Waals surface area contributed by atoms with Crippen molar-refractivity contribution in [2.75, 3.05) is 5.32 Å². The first kappa shape index (κ1) is 11.4. The van der Waals surface area contributed by atoms with Crippen LogP contribution in [0.3, 0.4) is 0 Å². The van der Waals surface area contributed by atoms with Gasteiger partial charge in [0.05, 0.1) is 16.7 Å². The lowest BCUT2D eigenvalue weighted by molar-refractivity contribution is 0.172. The summed E-state index contributed by atoms with van der Waals surface area (Å²) in [6, 6.07) is 14.6. The number of hydroxylamine groups is 1. The lowest BCUT2D eigenvalue weighted by Gasteiger charge is -2.08. The maximum Gasteiger partial charge on any atom is 0.343 e. The van der Waals surface area contributed by atoms with Gasteiger partial charge in [0.1, 0.15) is 0 Å². The van der Waals surface area contributed by atoms with Gasteiger partial charge < -0.3 is 5.32 Å². The van der Waals surface area contributed by atoms with Crippen LogP contribution in [0.4, 0.5) is 10.5 Å². The fourth-order valence-corrected chi connectivity index (χ4v) is 2.05. The maximum atomic E-state index is 11.2. The number of nitrogens with one attached hydrogen (secondary N) is 2.